The summed E-state index contributed by atoms with van der Waals surface area (Å²) in [6.45, 7) is 1.65. The lowest BCUT2D eigenvalue weighted by molar-refractivity contribution is -0.385. The maximum absolute atomic E-state index is 12.5. The molecule has 162 valence electrons. The molecule has 0 aliphatic carbocycles. The lowest BCUT2D eigenvalue weighted by atomic mass is 10.1. The summed E-state index contributed by atoms with van der Waals surface area (Å²) in [6.07, 6.45) is 3.16. The summed E-state index contributed by atoms with van der Waals surface area (Å²) < 4.78 is 0. The third-order valence-corrected chi connectivity index (χ3v) is 5.30. The minimum absolute atomic E-state index is 0.0551. The highest BCUT2D eigenvalue weighted by atomic mass is 16.6. The Bertz CT molecular complexity index is 1260. The monoisotopic (exact) mass is 434 g/mol. The molecular weight excluding hydrogens is 412 g/mol. The van der Waals surface area contributed by atoms with Gasteiger partial charge in [0, 0.05) is 34.3 Å². The maximum atomic E-state index is 12.5. The first-order chi connectivity index (χ1) is 16.0. The standard InChI is InChI=1S/C28H22N2O3/c1-21-12-16-23(20-27(21)30(32)33)28(31)19-15-22-13-17-26(18-14-22)29(24-8-4-2-5-9-24)25-10-6-3-7-11-25/h2-20H,1H3. The molecule has 0 aromatic heterocycles. The van der Waals surface area contributed by atoms with E-state index in [0.29, 0.717) is 11.1 Å². The highest BCUT2D eigenvalue weighted by Crippen LogP contribution is 2.34. The fraction of sp³-hybridized carbons (Fsp3) is 0.0357. The molecule has 0 N–H and O–H groups in total. The molecule has 33 heavy (non-hydrogen) atoms. The van der Waals surface area contributed by atoms with Crippen LogP contribution in [0.3, 0.4) is 0 Å². The predicted molar refractivity (Wildman–Crippen MR) is 132 cm³/mol. The van der Waals surface area contributed by atoms with E-state index in [1.807, 2.05) is 60.7 Å². The number of anilines is 3. The van der Waals surface area contributed by atoms with Crippen LogP contribution in [-0.4, -0.2) is 10.7 Å². The minimum Gasteiger partial charge on any atom is -0.311 e. The Morgan fingerprint density at radius 2 is 1.33 bits per heavy atom. The number of carbonyl (C=O) groups is 1. The maximum Gasteiger partial charge on any atom is 0.273 e. The van der Waals surface area contributed by atoms with Crippen molar-refractivity contribution in [2.45, 2.75) is 6.92 Å². The molecule has 0 aliphatic heterocycles. The predicted octanol–water partition coefficient (Wildman–Crippen LogP) is 7.27. The first kappa shape index (κ1) is 21.7. The van der Waals surface area contributed by atoms with Crippen LogP contribution in [0.25, 0.3) is 6.08 Å². The molecular formula is C28H22N2O3. The molecule has 0 bridgehead atoms. The largest absolute Gasteiger partial charge is 0.311 e. The Kier molecular flexibility index (Phi) is 6.41. The number of carbonyl (C=O) groups excluding carboxylic acids is 1. The van der Waals surface area contributed by atoms with Crippen molar-refractivity contribution in [2.24, 2.45) is 0 Å². The molecule has 0 fully saturated rings. The van der Waals surface area contributed by atoms with Gasteiger partial charge in [-0.25, -0.2) is 0 Å². The van der Waals surface area contributed by atoms with E-state index >= 15 is 0 Å². The van der Waals surface area contributed by atoms with Crippen molar-refractivity contribution in [2.75, 3.05) is 4.90 Å². The van der Waals surface area contributed by atoms with Crippen molar-refractivity contribution in [1.82, 2.24) is 0 Å². The molecule has 0 unspecified atom stereocenters. The number of nitrogens with zero attached hydrogens (tertiary/aromatic N) is 2. The quantitative estimate of drug-likeness (QED) is 0.133. The summed E-state index contributed by atoms with van der Waals surface area (Å²) in [5, 5.41) is 11.1. The van der Waals surface area contributed by atoms with E-state index in [-0.39, 0.29) is 11.5 Å². The number of para-hydroxylation sites is 2. The van der Waals surface area contributed by atoms with Gasteiger partial charge >= 0.3 is 0 Å². The zero-order valence-electron chi connectivity index (χ0n) is 18.1. The molecule has 0 spiro atoms. The number of nitro groups is 1. The first-order valence-electron chi connectivity index (χ1n) is 10.5. The number of aryl methyl sites for hydroxylation is 1. The van der Waals surface area contributed by atoms with Gasteiger partial charge in [0.25, 0.3) is 5.69 Å². The van der Waals surface area contributed by atoms with Crippen LogP contribution in [0.15, 0.2) is 109 Å². The van der Waals surface area contributed by atoms with Crippen LogP contribution in [0.1, 0.15) is 21.5 Å². The third-order valence-electron chi connectivity index (χ3n) is 5.30. The molecule has 0 aliphatic rings. The minimum atomic E-state index is -0.472. The summed E-state index contributed by atoms with van der Waals surface area (Å²) in [7, 11) is 0. The van der Waals surface area contributed by atoms with Gasteiger partial charge in [-0.15, -0.1) is 0 Å². The molecule has 0 radical (unpaired) electrons. The number of ketones is 1. The summed E-state index contributed by atoms with van der Waals surface area (Å²) in [5.41, 5.74) is 4.70. The van der Waals surface area contributed by atoms with Crippen LogP contribution in [0.2, 0.25) is 0 Å². The van der Waals surface area contributed by atoms with Crippen LogP contribution < -0.4 is 4.90 Å². The van der Waals surface area contributed by atoms with Gasteiger partial charge in [-0.1, -0.05) is 66.7 Å². The number of allylic oxidation sites excluding steroid dienone is 1. The SMILES string of the molecule is Cc1ccc(C(=O)C=Cc2ccc(N(c3ccccc3)c3ccccc3)cc2)cc1[N+](=O)[O-]. The molecule has 0 heterocycles. The molecule has 0 saturated heterocycles. The van der Waals surface area contributed by atoms with Gasteiger partial charge in [0.05, 0.1) is 4.92 Å². The van der Waals surface area contributed by atoms with E-state index in [0.717, 1.165) is 22.6 Å². The normalized spacial score (nSPS) is 10.8. The summed E-state index contributed by atoms with van der Waals surface area (Å²) in [4.78, 5) is 25.4. The van der Waals surface area contributed by atoms with Crippen LogP contribution in [-0.2, 0) is 0 Å². The Balaban J connectivity index is 1.57. The van der Waals surface area contributed by atoms with E-state index in [4.69, 9.17) is 0 Å². The molecule has 0 amide bonds. The van der Waals surface area contributed by atoms with Crippen molar-refractivity contribution >= 4 is 34.6 Å². The Hall–Kier alpha value is -4.51. The van der Waals surface area contributed by atoms with Crippen LogP contribution in [0.4, 0.5) is 22.7 Å². The third kappa shape index (κ3) is 5.05. The van der Waals surface area contributed by atoms with Crippen LogP contribution >= 0.6 is 0 Å². The molecule has 5 nitrogen and oxygen atoms in total. The highest BCUT2D eigenvalue weighted by Gasteiger charge is 2.14. The number of nitro benzene ring substituents is 1. The number of rotatable bonds is 7. The fourth-order valence-electron chi connectivity index (χ4n) is 3.56. The van der Waals surface area contributed by atoms with E-state index < -0.39 is 4.92 Å². The molecule has 4 rings (SSSR count). The second kappa shape index (κ2) is 9.75. The van der Waals surface area contributed by atoms with Gasteiger partial charge in [-0.3, -0.25) is 14.9 Å². The zero-order valence-corrected chi connectivity index (χ0v) is 18.1. The summed E-state index contributed by atoms with van der Waals surface area (Å²) in [6, 6.07) is 32.6. The Morgan fingerprint density at radius 1 is 0.788 bits per heavy atom. The van der Waals surface area contributed by atoms with Gasteiger partial charge in [0.15, 0.2) is 5.78 Å². The lowest BCUT2D eigenvalue weighted by Crippen LogP contribution is -2.09. The van der Waals surface area contributed by atoms with Crippen molar-refractivity contribution in [3.8, 4) is 0 Å². The average Bonchev–Trinajstić information content (AvgIpc) is 2.85. The van der Waals surface area contributed by atoms with Crippen molar-refractivity contribution in [3.63, 3.8) is 0 Å². The number of hydrogen-bond donors (Lipinski definition) is 0. The number of hydrogen-bond acceptors (Lipinski definition) is 4. The smallest absolute Gasteiger partial charge is 0.273 e. The van der Waals surface area contributed by atoms with Crippen LogP contribution in [0, 0.1) is 17.0 Å². The van der Waals surface area contributed by atoms with Crippen LogP contribution in [0.5, 0.6) is 0 Å². The van der Waals surface area contributed by atoms with Gasteiger partial charge in [0.1, 0.15) is 0 Å². The Morgan fingerprint density at radius 3 is 1.88 bits per heavy atom. The molecule has 0 saturated carbocycles. The van der Waals surface area contributed by atoms with Gasteiger partial charge < -0.3 is 4.90 Å². The van der Waals surface area contributed by atoms with Crippen molar-refractivity contribution in [1.29, 1.82) is 0 Å². The van der Waals surface area contributed by atoms with Gasteiger partial charge in [-0.05, 0) is 55.0 Å². The average molecular weight is 434 g/mol. The molecule has 5 heteroatoms. The molecule has 0 atom stereocenters. The zero-order chi connectivity index (χ0) is 23.2. The summed E-state index contributed by atoms with van der Waals surface area (Å²) in [5.74, 6) is -0.280. The van der Waals surface area contributed by atoms with Crippen molar-refractivity contribution < 1.29 is 9.72 Å². The van der Waals surface area contributed by atoms with E-state index in [9.17, 15) is 14.9 Å². The van der Waals surface area contributed by atoms with Gasteiger partial charge in [0.2, 0.25) is 0 Å². The van der Waals surface area contributed by atoms with E-state index in [1.54, 1.807) is 25.1 Å². The number of benzene rings is 4. The van der Waals surface area contributed by atoms with Gasteiger partial charge in [-0.2, -0.15) is 0 Å². The fourth-order valence-corrected chi connectivity index (χ4v) is 3.56. The topological polar surface area (TPSA) is 63.5 Å². The van der Waals surface area contributed by atoms with E-state index in [2.05, 4.69) is 29.2 Å². The van der Waals surface area contributed by atoms with E-state index in [1.165, 1.54) is 12.1 Å². The van der Waals surface area contributed by atoms with Crippen molar-refractivity contribution in [3.05, 3.63) is 136 Å². The molecule has 4 aromatic carbocycles. The Labute approximate surface area is 192 Å². The second-order valence-electron chi connectivity index (χ2n) is 7.55. The highest BCUT2D eigenvalue weighted by molar-refractivity contribution is 6.07. The first-order valence-corrected chi connectivity index (χ1v) is 10.5. The lowest BCUT2D eigenvalue weighted by Gasteiger charge is -2.25. The molecule has 4 aromatic rings. The second-order valence-corrected chi connectivity index (χ2v) is 7.55. The summed E-state index contributed by atoms with van der Waals surface area (Å²) >= 11 is 0.